The van der Waals surface area contributed by atoms with Crippen molar-refractivity contribution in [1.29, 1.82) is 0 Å². The van der Waals surface area contributed by atoms with Crippen molar-refractivity contribution in [3.05, 3.63) is 30.1 Å². The van der Waals surface area contributed by atoms with E-state index in [-0.39, 0.29) is 12.6 Å². The van der Waals surface area contributed by atoms with Crippen LogP contribution in [-0.2, 0) is 6.42 Å². The van der Waals surface area contributed by atoms with E-state index < -0.39 is 0 Å². The molecule has 1 aromatic heterocycles. The minimum Gasteiger partial charge on any atom is -0.395 e. The lowest BCUT2D eigenvalue weighted by Gasteiger charge is -2.13. The Hall–Kier alpha value is -0.930. The fourth-order valence-corrected chi connectivity index (χ4v) is 1.31. The maximum atomic E-state index is 8.95. The third-order valence-electron chi connectivity index (χ3n) is 2.31. The third-order valence-corrected chi connectivity index (χ3v) is 2.31. The molecule has 1 rings (SSSR count). The highest BCUT2D eigenvalue weighted by atomic mass is 16.3. The van der Waals surface area contributed by atoms with E-state index in [1.807, 2.05) is 12.1 Å². The van der Waals surface area contributed by atoms with Crippen LogP contribution >= 0.6 is 0 Å². The van der Waals surface area contributed by atoms with Crippen molar-refractivity contribution in [2.45, 2.75) is 25.8 Å². The number of aliphatic hydroxyl groups excluding tert-OH is 1. The molecule has 3 heteroatoms. The molecule has 2 N–H and O–H groups in total. The van der Waals surface area contributed by atoms with E-state index in [2.05, 4.69) is 17.2 Å². The van der Waals surface area contributed by atoms with Crippen LogP contribution in [0.15, 0.2) is 24.5 Å². The Bertz CT molecular complexity index is 234. The first-order valence-electron chi connectivity index (χ1n) is 5.10. The van der Waals surface area contributed by atoms with Gasteiger partial charge in [-0.1, -0.05) is 6.92 Å². The molecule has 0 saturated carbocycles. The van der Waals surface area contributed by atoms with Gasteiger partial charge < -0.3 is 10.4 Å². The van der Waals surface area contributed by atoms with Gasteiger partial charge in [-0.2, -0.15) is 0 Å². The van der Waals surface area contributed by atoms with Gasteiger partial charge in [-0.15, -0.1) is 0 Å². The second-order valence-electron chi connectivity index (χ2n) is 3.35. The van der Waals surface area contributed by atoms with Crippen molar-refractivity contribution >= 4 is 0 Å². The Morgan fingerprint density at radius 2 is 2.14 bits per heavy atom. The van der Waals surface area contributed by atoms with Crippen molar-refractivity contribution in [3.63, 3.8) is 0 Å². The zero-order chi connectivity index (χ0) is 10.2. The molecule has 0 fully saturated rings. The summed E-state index contributed by atoms with van der Waals surface area (Å²) in [5, 5.41) is 12.2. The second kappa shape index (κ2) is 6.51. The van der Waals surface area contributed by atoms with Crippen LogP contribution in [0.25, 0.3) is 0 Å². The van der Waals surface area contributed by atoms with Crippen molar-refractivity contribution < 1.29 is 5.11 Å². The summed E-state index contributed by atoms with van der Waals surface area (Å²) in [5.74, 6) is 0. The number of hydrogen-bond acceptors (Lipinski definition) is 3. The Kier molecular flexibility index (Phi) is 5.19. The van der Waals surface area contributed by atoms with Crippen molar-refractivity contribution in [3.8, 4) is 0 Å². The highest BCUT2D eigenvalue weighted by Crippen LogP contribution is 1.97. The summed E-state index contributed by atoms with van der Waals surface area (Å²) in [4.78, 5) is 3.96. The van der Waals surface area contributed by atoms with Gasteiger partial charge in [0.25, 0.3) is 0 Å². The maximum Gasteiger partial charge on any atom is 0.0584 e. The van der Waals surface area contributed by atoms with Gasteiger partial charge >= 0.3 is 0 Å². The average Bonchev–Trinajstić information content (AvgIpc) is 2.26. The molecule has 1 unspecified atom stereocenters. The molecule has 78 valence electrons. The molecule has 0 spiro atoms. The van der Waals surface area contributed by atoms with E-state index in [9.17, 15) is 0 Å². The van der Waals surface area contributed by atoms with E-state index in [1.165, 1.54) is 5.56 Å². The normalized spacial score (nSPS) is 12.7. The molecular weight excluding hydrogens is 176 g/mol. The molecule has 0 aromatic carbocycles. The zero-order valence-electron chi connectivity index (χ0n) is 8.61. The van der Waals surface area contributed by atoms with Gasteiger partial charge in [0.1, 0.15) is 0 Å². The lowest BCUT2D eigenvalue weighted by atomic mass is 10.2. The lowest BCUT2D eigenvalue weighted by Crippen LogP contribution is -2.33. The molecule has 0 amide bonds. The molecular formula is C11H18N2O. The van der Waals surface area contributed by atoms with E-state index in [4.69, 9.17) is 5.11 Å². The van der Waals surface area contributed by atoms with Crippen LogP contribution < -0.4 is 5.32 Å². The lowest BCUT2D eigenvalue weighted by molar-refractivity contribution is 0.240. The molecule has 0 aliphatic rings. The monoisotopic (exact) mass is 194 g/mol. The topological polar surface area (TPSA) is 45.1 Å². The van der Waals surface area contributed by atoms with Crippen LogP contribution in [0.4, 0.5) is 0 Å². The molecule has 0 bridgehead atoms. The van der Waals surface area contributed by atoms with Gasteiger partial charge in [-0.05, 0) is 37.1 Å². The van der Waals surface area contributed by atoms with Crippen molar-refractivity contribution in [2.75, 3.05) is 13.2 Å². The maximum absolute atomic E-state index is 8.95. The molecule has 0 saturated heterocycles. The fourth-order valence-electron chi connectivity index (χ4n) is 1.31. The van der Waals surface area contributed by atoms with Crippen LogP contribution in [0.2, 0.25) is 0 Å². The van der Waals surface area contributed by atoms with Crippen LogP contribution in [0.5, 0.6) is 0 Å². The Balaban J connectivity index is 2.21. The summed E-state index contributed by atoms with van der Waals surface area (Å²) in [5.41, 5.74) is 1.28. The molecule has 0 aliphatic heterocycles. The van der Waals surface area contributed by atoms with Crippen LogP contribution in [0, 0.1) is 0 Å². The molecule has 1 atom stereocenters. The van der Waals surface area contributed by atoms with E-state index in [0.717, 1.165) is 19.4 Å². The summed E-state index contributed by atoms with van der Waals surface area (Å²) >= 11 is 0. The first-order valence-corrected chi connectivity index (χ1v) is 5.10. The molecule has 3 nitrogen and oxygen atoms in total. The first kappa shape index (κ1) is 11.1. The number of nitrogens with one attached hydrogen (secondary N) is 1. The number of nitrogens with zero attached hydrogens (tertiary/aromatic N) is 1. The van der Waals surface area contributed by atoms with E-state index in [1.54, 1.807) is 12.4 Å². The fraction of sp³-hybridized carbons (Fsp3) is 0.545. The predicted octanol–water partition coefficient (Wildman–Crippen LogP) is 0.985. The summed E-state index contributed by atoms with van der Waals surface area (Å²) in [6.45, 7) is 3.19. The summed E-state index contributed by atoms with van der Waals surface area (Å²) < 4.78 is 0. The number of hydrogen-bond donors (Lipinski definition) is 2. The molecule has 0 aliphatic carbocycles. The average molecular weight is 194 g/mol. The summed E-state index contributed by atoms with van der Waals surface area (Å²) in [6, 6.07) is 4.26. The van der Waals surface area contributed by atoms with Gasteiger partial charge in [-0.3, -0.25) is 4.98 Å². The summed E-state index contributed by atoms with van der Waals surface area (Å²) in [6.07, 6.45) is 5.56. The molecule has 1 heterocycles. The van der Waals surface area contributed by atoms with Crippen LogP contribution in [-0.4, -0.2) is 29.3 Å². The Labute approximate surface area is 85.2 Å². The SMILES string of the molecule is CCC(CO)NCCc1ccncc1. The third kappa shape index (κ3) is 3.85. The smallest absolute Gasteiger partial charge is 0.0584 e. The summed E-state index contributed by atoms with van der Waals surface area (Å²) in [7, 11) is 0. The van der Waals surface area contributed by atoms with E-state index >= 15 is 0 Å². The van der Waals surface area contributed by atoms with E-state index in [0.29, 0.717) is 0 Å². The van der Waals surface area contributed by atoms with Crippen LogP contribution in [0.3, 0.4) is 0 Å². The Morgan fingerprint density at radius 1 is 1.43 bits per heavy atom. The van der Waals surface area contributed by atoms with Gasteiger partial charge in [0.15, 0.2) is 0 Å². The van der Waals surface area contributed by atoms with Gasteiger partial charge in [0.05, 0.1) is 6.61 Å². The number of rotatable bonds is 6. The molecule has 0 radical (unpaired) electrons. The highest BCUT2D eigenvalue weighted by molar-refractivity contribution is 5.09. The van der Waals surface area contributed by atoms with Crippen molar-refractivity contribution in [2.24, 2.45) is 0 Å². The quantitative estimate of drug-likeness (QED) is 0.709. The number of aromatic nitrogens is 1. The van der Waals surface area contributed by atoms with Gasteiger partial charge in [0, 0.05) is 18.4 Å². The second-order valence-corrected chi connectivity index (χ2v) is 3.35. The minimum atomic E-state index is 0.215. The first-order chi connectivity index (χ1) is 6.86. The van der Waals surface area contributed by atoms with Crippen LogP contribution in [0.1, 0.15) is 18.9 Å². The number of pyridine rings is 1. The van der Waals surface area contributed by atoms with Crippen molar-refractivity contribution in [1.82, 2.24) is 10.3 Å². The van der Waals surface area contributed by atoms with Gasteiger partial charge in [0.2, 0.25) is 0 Å². The minimum absolute atomic E-state index is 0.215. The Morgan fingerprint density at radius 3 is 2.71 bits per heavy atom. The standard InChI is InChI=1S/C11H18N2O/c1-2-11(9-14)13-8-5-10-3-6-12-7-4-10/h3-4,6-7,11,13-14H,2,5,8-9H2,1H3. The highest BCUT2D eigenvalue weighted by Gasteiger charge is 2.01. The molecule has 14 heavy (non-hydrogen) atoms. The zero-order valence-corrected chi connectivity index (χ0v) is 8.61. The molecule has 1 aromatic rings. The predicted molar refractivity (Wildman–Crippen MR) is 57.1 cm³/mol. The largest absolute Gasteiger partial charge is 0.395 e. The number of aliphatic hydroxyl groups is 1. The van der Waals surface area contributed by atoms with Gasteiger partial charge in [-0.25, -0.2) is 0 Å².